The maximum Gasteiger partial charge on any atom is 0.0991 e. The van der Waals surface area contributed by atoms with Crippen LogP contribution in [0.15, 0.2) is 176 Å². The normalized spacial score (nSPS) is 12.6. The first kappa shape index (κ1) is 30.6. The van der Waals surface area contributed by atoms with E-state index in [0.717, 1.165) is 11.1 Å². The topological polar surface area (TPSA) is 23.8 Å². The molecule has 51 heavy (non-hydrogen) atoms. The molecule has 10 rings (SSSR count). The van der Waals surface area contributed by atoms with Crippen LogP contribution >= 0.6 is 0 Å². The summed E-state index contributed by atoms with van der Waals surface area (Å²) in [5.74, 6) is 0. The van der Waals surface area contributed by atoms with E-state index < -0.39 is 0 Å². The Morgan fingerprint density at radius 1 is 0.373 bits per heavy atom. The second-order valence-corrected chi connectivity index (χ2v) is 14.0. The highest BCUT2D eigenvalue weighted by atomic mass is 14.4. The van der Waals surface area contributed by atoms with Crippen molar-refractivity contribution in [2.75, 3.05) is 0 Å². The van der Waals surface area contributed by atoms with Crippen LogP contribution in [0.1, 0.15) is 30.5 Å². The Balaban J connectivity index is 0.000000529. The Morgan fingerprint density at radius 3 is 1.39 bits per heavy atom. The van der Waals surface area contributed by atoms with Crippen LogP contribution in [0, 0.1) is 11.3 Å². The molecule has 0 N–H and O–H groups in total. The molecule has 0 amide bonds. The molecule has 0 heterocycles. The van der Waals surface area contributed by atoms with Crippen LogP contribution < -0.4 is 0 Å². The molecule has 0 atom stereocenters. The molecule has 2 aliphatic rings. The third kappa shape index (κ3) is 5.08. The molecule has 240 valence electrons. The summed E-state index contributed by atoms with van der Waals surface area (Å²) in [7, 11) is 0. The number of hydrogen-bond donors (Lipinski definition) is 0. The van der Waals surface area contributed by atoms with Gasteiger partial charge in [-0.2, -0.15) is 5.26 Å². The first-order chi connectivity index (χ1) is 25.0. The molecule has 0 spiro atoms. The van der Waals surface area contributed by atoms with Crippen molar-refractivity contribution >= 4 is 10.8 Å². The first-order valence-corrected chi connectivity index (χ1v) is 17.6. The number of fused-ring (bicyclic) bond motifs is 6. The lowest BCUT2D eigenvalue weighted by atomic mass is 9.80. The molecule has 8 aromatic carbocycles. The fourth-order valence-electron chi connectivity index (χ4n) is 8.12. The molecule has 0 unspecified atom stereocenters. The minimum absolute atomic E-state index is 0.121. The van der Waals surface area contributed by atoms with Gasteiger partial charge in [0, 0.05) is 5.41 Å². The largest absolute Gasteiger partial charge is 0.192 e. The van der Waals surface area contributed by atoms with E-state index in [9.17, 15) is 0 Å². The van der Waals surface area contributed by atoms with Crippen LogP contribution in [0.4, 0.5) is 0 Å². The maximum absolute atomic E-state index is 9.12. The van der Waals surface area contributed by atoms with Gasteiger partial charge in [-0.1, -0.05) is 166 Å². The molecule has 0 radical (unpaired) electrons. The van der Waals surface area contributed by atoms with Gasteiger partial charge in [0.05, 0.1) is 11.6 Å². The molecule has 8 aromatic rings. The molecule has 0 saturated carbocycles. The number of rotatable bonds is 3. The van der Waals surface area contributed by atoms with E-state index in [1.54, 1.807) is 0 Å². The van der Waals surface area contributed by atoms with Gasteiger partial charge in [0.2, 0.25) is 0 Å². The summed E-state index contributed by atoms with van der Waals surface area (Å²) in [4.78, 5) is 0. The highest BCUT2D eigenvalue weighted by Crippen LogP contribution is 2.53. The molecule has 1 heteroatoms. The van der Waals surface area contributed by atoms with Crippen LogP contribution in [0.25, 0.3) is 77.5 Å². The van der Waals surface area contributed by atoms with Gasteiger partial charge >= 0.3 is 0 Å². The lowest BCUT2D eigenvalue weighted by Crippen LogP contribution is -2.15. The summed E-state index contributed by atoms with van der Waals surface area (Å²) in [6, 6.07) is 64.9. The zero-order valence-electron chi connectivity index (χ0n) is 28.7. The predicted octanol–water partition coefficient (Wildman–Crippen LogP) is 13.4. The van der Waals surface area contributed by atoms with Gasteiger partial charge in [-0.3, -0.25) is 0 Å². The molecule has 1 nitrogen and oxygen atoms in total. The molecule has 0 saturated heterocycles. The van der Waals surface area contributed by atoms with Crippen LogP contribution in [0.3, 0.4) is 0 Å². The number of nitriles is 1. The van der Waals surface area contributed by atoms with Crippen molar-refractivity contribution < 1.29 is 0 Å². The van der Waals surface area contributed by atoms with Crippen molar-refractivity contribution in [1.82, 2.24) is 0 Å². The Morgan fingerprint density at radius 2 is 0.804 bits per heavy atom. The lowest BCUT2D eigenvalue weighted by molar-refractivity contribution is 0.661. The summed E-state index contributed by atoms with van der Waals surface area (Å²) in [5.41, 5.74) is 18.6. The minimum Gasteiger partial charge on any atom is -0.192 e. The second-order valence-electron chi connectivity index (χ2n) is 14.0. The molecule has 0 fully saturated rings. The highest BCUT2D eigenvalue weighted by Gasteiger charge is 2.36. The van der Waals surface area contributed by atoms with Crippen molar-refractivity contribution in [1.29, 1.82) is 5.26 Å². The van der Waals surface area contributed by atoms with E-state index in [2.05, 4.69) is 135 Å². The van der Waals surface area contributed by atoms with Gasteiger partial charge in [0.15, 0.2) is 0 Å². The Hall–Kier alpha value is -6.49. The first-order valence-electron chi connectivity index (χ1n) is 17.6. The van der Waals surface area contributed by atoms with Gasteiger partial charge in [-0.15, -0.1) is 0 Å². The van der Waals surface area contributed by atoms with E-state index in [4.69, 9.17) is 5.26 Å². The summed E-state index contributed by atoms with van der Waals surface area (Å²) in [5, 5.41) is 11.8. The predicted molar refractivity (Wildman–Crippen MR) is 213 cm³/mol. The smallest absolute Gasteiger partial charge is 0.0991 e. The summed E-state index contributed by atoms with van der Waals surface area (Å²) >= 11 is 0. The Kier molecular flexibility index (Phi) is 7.27. The number of nitrogens with zero attached hydrogens (tertiary/aromatic N) is 1. The second kappa shape index (κ2) is 12.1. The van der Waals surface area contributed by atoms with Gasteiger partial charge in [0.25, 0.3) is 0 Å². The standard InChI is InChI=1S/C44H29N.C6H6/c1-44(2)41-24-31(30-16-14-29(15-17-30)28-12-10-27(26-45)11-13-28)18-20-36(41)37-21-19-32(25-42(37)44)33-22-23-40-35-7-4-3-6-34(35)39-9-5-8-38(33)43(39)40;1-2-4-6-5-3-1/h3-25H,1-2H3;1-6H. The van der Waals surface area contributed by atoms with Gasteiger partial charge < -0.3 is 0 Å². The number of hydrogen-bond acceptors (Lipinski definition) is 1. The van der Waals surface area contributed by atoms with Crippen LogP contribution in [-0.2, 0) is 5.41 Å². The van der Waals surface area contributed by atoms with E-state index in [1.807, 2.05) is 60.7 Å². The molecular weight excluding hydrogens is 615 g/mol. The van der Waals surface area contributed by atoms with E-state index >= 15 is 0 Å². The van der Waals surface area contributed by atoms with Crippen LogP contribution in [0.5, 0.6) is 0 Å². The van der Waals surface area contributed by atoms with Crippen molar-refractivity contribution in [2.45, 2.75) is 19.3 Å². The van der Waals surface area contributed by atoms with Crippen molar-refractivity contribution in [3.05, 3.63) is 193 Å². The monoisotopic (exact) mass is 649 g/mol. The lowest BCUT2D eigenvalue weighted by Gasteiger charge is -2.23. The maximum atomic E-state index is 9.12. The van der Waals surface area contributed by atoms with Crippen molar-refractivity contribution in [3.8, 4) is 72.8 Å². The average Bonchev–Trinajstić information content (AvgIpc) is 3.64. The van der Waals surface area contributed by atoms with Crippen molar-refractivity contribution in [3.63, 3.8) is 0 Å². The van der Waals surface area contributed by atoms with Gasteiger partial charge in [-0.25, -0.2) is 0 Å². The quantitative estimate of drug-likeness (QED) is 0.187. The number of benzene rings is 8. The Labute approximate surface area is 299 Å². The van der Waals surface area contributed by atoms with E-state index in [1.165, 1.54) is 77.5 Å². The Bertz CT molecular complexity index is 2580. The molecule has 0 aromatic heterocycles. The van der Waals surface area contributed by atoms with Gasteiger partial charge in [0.1, 0.15) is 0 Å². The molecule has 2 aliphatic carbocycles. The summed E-state index contributed by atoms with van der Waals surface area (Å²) < 4.78 is 0. The third-order valence-corrected chi connectivity index (χ3v) is 10.8. The highest BCUT2D eigenvalue weighted by molar-refractivity contribution is 6.18. The van der Waals surface area contributed by atoms with Gasteiger partial charge in [-0.05, 0) is 113 Å². The van der Waals surface area contributed by atoms with Crippen molar-refractivity contribution in [2.24, 2.45) is 0 Å². The molecular formula is C50H35N. The zero-order valence-corrected chi connectivity index (χ0v) is 28.7. The summed E-state index contributed by atoms with van der Waals surface area (Å²) in [6.07, 6.45) is 0. The van der Waals surface area contributed by atoms with Crippen LogP contribution in [0.2, 0.25) is 0 Å². The minimum atomic E-state index is -0.121. The summed E-state index contributed by atoms with van der Waals surface area (Å²) in [6.45, 7) is 4.73. The zero-order chi connectivity index (χ0) is 34.5. The fraction of sp³-hybridized carbons (Fsp3) is 0.0600. The van der Waals surface area contributed by atoms with Crippen LogP contribution in [-0.4, -0.2) is 0 Å². The fourth-order valence-corrected chi connectivity index (χ4v) is 8.12. The molecule has 0 aliphatic heterocycles. The van der Waals surface area contributed by atoms with E-state index in [0.29, 0.717) is 5.56 Å². The third-order valence-electron chi connectivity index (χ3n) is 10.8. The van der Waals surface area contributed by atoms with E-state index in [-0.39, 0.29) is 5.41 Å². The molecule has 0 bridgehead atoms. The average molecular weight is 650 g/mol. The SMILES string of the molecule is CC1(C)c2cc(-c3ccc(-c4ccc(C#N)cc4)cc3)ccc2-c2ccc(-c3ccc4c5c(cccc35)-c3ccccc3-4)cc21.c1ccccc1.